The number of methoxy groups -OCH3 is 1. The molecule has 0 atom stereocenters. The van der Waals surface area contributed by atoms with Gasteiger partial charge in [0.15, 0.2) is 0 Å². The molecule has 0 aliphatic rings. The third kappa shape index (κ3) is 2.40. The van der Waals surface area contributed by atoms with E-state index < -0.39 is 0 Å². The van der Waals surface area contributed by atoms with Crippen LogP contribution in [0.5, 0.6) is 5.75 Å². The second kappa shape index (κ2) is 5.77. The molecule has 0 N–H and O–H groups in total. The van der Waals surface area contributed by atoms with E-state index in [4.69, 9.17) is 4.74 Å². The van der Waals surface area contributed by atoms with E-state index in [2.05, 4.69) is 9.97 Å². The molecule has 0 aliphatic carbocycles. The first-order chi connectivity index (χ1) is 11.8. The largest absolute Gasteiger partial charge is 0.496 e. The van der Waals surface area contributed by atoms with Crippen molar-refractivity contribution in [3.63, 3.8) is 0 Å². The van der Waals surface area contributed by atoms with Gasteiger partial charge < -0.3 is 9.14 Å². The molecule has 0 saturated heterocycles. The predicted octanol–water partition coefficient (Wildman–Crippen LogP) is 4.21. The van der Waals surface area contributed by atoms with Crippen LogP contribution < -0.4 is 4.74 Å². The molecule has 3 heterocycles. The Hall–Kier alpha value is -3.21. The van der Waals surface area contributed by atoms with Gasteiger partial charge in [0.1, 0.15) is 17.2 Å². The van der Waals surface area contributed by atoms with Crippen molar-refractivity contribution in [2.45, 2.75) is 0 Å². The van der Waals surface area contributed by atoms with Crippen LogP contribution in [0, 0.1) is 5.82 Å². The van der Waals surface area contributed by atoms with E-state index in [0.717, 1.165) is 22.3 Å². The minimum Gasteiger partial charge on any atom is -0.496 e. The molecule has 0 bridgehead atoms. The second-order valence-electron chi connectivity index (χ2n) is 5.38. The van der Waals surface area contributed by atoms with Crippen molar-refractivity contribution in [2.75, 3.05) is 7.11 Å². The van der Waals surface area contributed by atoms with Crippen molar-refractivity contribution in [3.8, 4) is 28.0 Å². The van der Waals surface area contributed by atoms with Gasteiger partial charge in [0, 0.05) is 47.7 Å². The standard InChI is InChI=1S/C19H14FN3O/c1-24-18-5-4-14(20)9-16(18)15-10-19-22-7-8-23(19)12-17(15)13-3-2-6-21-11-13/h2-12H,1H3. The number of benzene rings is 1. The summed E-state index contributed by atoms with van der Waals surface area (Å²) in [6.45, 7) is 0. The molecule has 4 nitrogen and oxygen atoms in total. The highest BCUT2D eigenvalue weighted by Gasteiger charge is 2.15. The van der Waals surface area contributed by atoms with Gasteiger partial charge in [-0.05, 0) is 35.9 Å². The fourth-order valence-corrected chi connectivity index (χ4v) is 2.83. The van der Waals surface area contributed by atoms with Gasteiger partial charge >= 0.3 is 0 Å². The highest BCUT2D eigenvalue weighted by Crippen LogP contribution is 2.38. The van der Waals surface area contributed by atoms with E-state index >= 15 is 0 Å². The predicted molar refractivity (Wildman–Crippen MR) is 90.4 cm³/mol. The fraction of sp³-hybridized carbons (Fsp3) is 0.0526. The fourth-order valence-electron chi connectivity index (χ4n) is 2.83. The Bertz CT molecular complexity index is 1010. The van der Waals surface area contributed by atoms with Crippen LogP contribution in [0.2, 0.25) is 0 Å². The quantitative estimate of drug-likeness (QED) is 0.568. The third-order valence-corrected chi connectivity index (χ3v) is 3.95. The first-order valence-electron chi connectivity index (χ1n) is 7.47. The summed E-state index contributed by atoms with van der Waals surface area (Å²) in [5.41, 5.74) is 4.18. The molecule has 0 radical (unpaired) electrons. The molecule has 4 aromatic rings. The lowest BCUT2D eigenvalue weighted by Gasteiger charge is -2.14. The molecule has 0 aliphatic heterocycles. The molecule has 0 spiro atoms. The molecular weight excluding hydrogens is 305 g/mol. The summed E-state index contributed by atoms with van der Waals surface area (Å²) >= 11 is 0. The molecule has 1 aromatic carbocycles. The number of fused-ring (bicyclic) bond motifs is 1. The summed E-state index contributed by atoms with van der Waals surface area (Å²) in [6.07, 6.45) is 9.09. The SMILES string of the molecule is COc1ccc(F)cc1-c1cc2nccn2cc1-c1cccnc1. The summed E-state index contributed by atoms with van der Waals surface area (Å²) in [7, 11) is 1.58. The van der Waals surface area contributed by atoms with E-state index in [9.17, 15) is 4.39 Å². The van der Waals surface area contributed by atoms with Gasteiger partial charge in [-0.25, -0.2) is 9.37 Å². The van der Waals surface area contributed by atoms with Crippen molar-refractivity contribution in [1.82, 2.24) is 14.4 Å². The Kier molecular flexibility index (Phi) is 3.46. The van der Waals surface area contributed by atoms with Gasteiger partial charge in [-0.3, -0.25) is 4.98 Å². The Morgan fingerprint density at radius 1 is 1.04 bits per heavy atom. The van der Waals surface area contributed by atoms with Gasteiger partial charge in [0.2, 0.25) is 0 Å². The van der Waals surface area contributed by atoms with E-state index in [1.54, 1.807) is 31.8 Å². The average molecular weight is 319 g/mol. The van der Waals surface area contributed by atoms with E-state index in [1.807, 2.05) is 35.0 Å². The molecule has 0 amide bonds. The minimum atomic E-state index is -0.314. The second-order valence-corrected chi connectivity index (χ2v) is 5.38. The molecule has 5 heteroatoms. The molecule has 0 unspecified atom stereocenters. The highest BCUT2D eigenvalue weighted by atomic mass is 19.1. The minimum absolute atomic E-state index is 0.314. The molecule has 4 rings (SSSR count). The molecule has 0 fully saturated rings. The summed E-state index contributed by atoms with van der Waals surface area (Å²) in [5.74, 6) is 0.295. The number of halogens is 1. The Labute approximate surface area is 138 Å². The van der Waals surface area contributed by atoms with Crippen LogP contribution in [-0.2, 0) is 0 Å². The third-order valence-electron chi connectivity index (χ3n) is 3.95. The smallest absolute Gasteiger partial charge is 0.137 e. The number of imidazole rings is 1. The number of aromatic nitrogens is 3. The molecule has 118 valence electrons. The molecule has 3 aromatic heterocycles. The zero-order chi connectivity index (χ0) is 16.5. The van der Waals surface area contributed by atoms with Crippen molar-refractivity contribution < 1.29 is 9.13 Å². The van der Waals surface area contributed by atoms with Crippen LogP contribution in [0.25, 0.3) is 27.9 Å². The Morgan fingerprint density at radius 3 is 2.75 bits per heavy atom. The van der Waals surface area contributed by atoms with Gasteiger partial charge in [-0.2, -0.15) is 0 Å². The lowest BCUT2D eigenvalue weighted by molar-refractivity contribution is 0.415. The summed E-state index contributed by atoms with van der Waals surface area (Å²) in [5, 5.41) is 0. The molecule has 0 saturated carbocycles. The number of ether oxygens (including phenoxy) is 1. The summed E-state index contributed by atoms with van der Waals surface area (Å²) < 4.78 is 21.2. The van der Waals surface area contributed by atoms with E-state index in [1.165, 1.54) is 12.1 Å². The van der Waals surface area contributed by atoms with Gasteiger partial charge in [0.05, 0.1) is 7.11 Å². The lowest BCUT2D eigenvalue weighted by Crippen LogP contribution is -1.95. The lowest BCUT2D eigenvalue weighted by atomic mass is 9.96. The van der Waals surface area contributed by atoms with Crippen molar-refractivity contribution in [2.24, 2.45) is 0 Å². The molecular formula is C19H14FN3O. The van der Waals surface area contributed by atoms with Gasteiger partial charge in [0.25, 0.3) is 0 Å². The van der Waals surface area contributed by atoms with E-state index in [0.29, 0.717) is 11.3 Å². The summed E-state index contributed by atoms with van der Waals surface area (Å²) in [4.78, 5) is 8.52. The zero-order valence-electron chi connectivity index (χ0n) is 13.0. The highest BCUT2D eigenvalue weighted by molar-refractivity contribution is 5.87. The van der Waals surface area contributed by atoms with Crippen LogP contribution >= 0.6 is 0 Å². The number of hydrogen-bond acceptors (Lipinski definition) is 3. The first kappa shape index (κ1) is 14.4. The number of rotatable bonds is 3. The topological polar surface area (TPSA) is 39.4 Å². The van der Waals surface area contributed by atoms with Gasteiger partial charge in [-0.1, -0.05) is 6.07 Å². The Balaban J connectivity index is 2.05. The van der Waals surface area contributed by atoms with Crippen molar-refractivity contribution >= 4 is 5.65 Å². The molecule has 24 heavy (non-hydrogen) atoms. The number of pyridine rings is 2. The monoisotopic (exact) mass is 319 g/mol. The number of nitrogens with zero attached hydrogens (tertiary/aromatic N) is 3. The van der Waals surface area contributed by atoms with Crippen molar-refractivity contribution in [1.29, 1.82) is 0 Å². The van der Waals surface area contributed by atoms with Crippen molar-refractivity contribution in [3.05, 3.63) is 73.2 Å². The maximum absolute atomic E-state index is 13.9. The Morgan fingerprint density at radius 2 is 1.96 bits per heavy atom. The van der Waals surface area contributed by atoms with Crippen LogP contribution in [0.3, 0.4) is 0 Å². The van der Waals surface area contributed by atoms with Crippen LogP contribution in [-0.4, -0.2) is 21.5 Å². The van der Waals surface area contributed by atoms with Crippen LogP contribution in [0.4, 0.5) is 4.39 Å². The van der Waals surface area contributed by atoms with E-state index in [-0.39, 0.29) is 5.82 Å². The number of hydrogen-bond donors (Lipinski definition) is 0. The maximum atomic E-state index is 13.9. The van der Waals surface area contributed by atoms with Gasteiger partial charge in [-0.15, -0.1) is 0 Å². The average Bonchev–Trinajstić information content (AvgIpc) is 3.09. The normalized spacial score (nSPS) is 10.9. The van der Waals surface area contributed by atoms with Crippen LogP contribution in [0.15, 0.2) is 67.4 Å². The first-order valence-corrected chi connectivity index (χ1v) is 7.47. The van der Waals surface area contributed by atoms with Crippen LogP contribution in [0.1, 0.15) is 0 Å². The summed E-state index contributed by atoms with van der Waals surface area (Å²) in [6, 6.07) is 10.3. The maximum Gasteiger partial charge on any atom is 0.137 e. The zero-order valence-corrected chi connectivity index (χ0v) is 13.0.